The Morgan fingerprint density at radius 1 is 1.26 bits per heavy atom. The van der Waals surface area contributed by atoms with Gasteiger partial charge in [0.25, 0.3) is 0 Å². The molecule has 0 radical (unpaired) electrons. The van der Waals surface area contributed by atoms with Crippen LogP contribution in [0.15, 0.2) is 22.8 Å². The molecule has 0 aromatic heterocycles. The largest absolute Gasteiger partial charge is 0.392 e. The summed E-state index contributed by atoms with van der Waals surface area (Å²) < 4.78 is 0. The monoisotopic (exact) mass is 260 g/mol. The van der Waals surface area contributed by atoms with E-state index >= 15 is 0 Å². The lowest BCUT2D eigenvalue weighted by Gasteiger charge is -2.54. The Morgan fingerprint density at radius 3 is 2.74 bits per heavy atom. The Morgan fingerprint density at radius 2 is 2.00 bits per heavy atom. The van der Waals surface area contributed by atoms with Crippen LogP contribution in [-0.4, -0.2) is 17.0 Å². The molecule has 19 heavy (non-hydrogen) atoms. The fourth-order valence-corrected chi connectivity index (χ4v) is 4.70. The lowest BCUT2D eigenvalue weighted by atomic mass is 9.50. The zero-order chi connectivity index (χ0) is 13.8. The van der Waals surface area contributed by atoms with Gasteiger partial charge in [0.15, 0.2) is 5.78 Å². The summed E-state index contributed by atoms with van der Waals surface area (Å²) in [5.41, 5.74) is 3.70. The van der Waals surface area contributed by atoms with E-state index in [0.29, 0.717) is 12.2 Å². The van der Waals surface area contributed by atoms with Gasteiger partial charge in [-0.15, -0.1) is 0 Å². The molecule has 0 aromatic rings. The molecular formula is C17H24O2. The summed E-state index contributed by atoms with van der Waals surface area (Å²) in [5, 5.41) is 10.5. The lowest BCUT2D eigenvalue weighted by molar-refractivity contribution is -0.117. The molecule has 3 rings (SSSR count). The van der Waals surface area contributed by atoms with Crippen molar-refractivity contribution in [2.24, 2.45) is 10.8 Å². The summed E-state index contributed by atoms with van der Waals surface area (Å²) in [7, 11) is 0. The minimum atomic E-state index is -0.219. The van der Waals surface area contributed by atoms with Crippen LogP contribution in [-0.2, 0) is 4.79 Å². The van der Waals surface area contributed by atoms with Gasteiger partial charge >= 0.3 is 0 Å². The lowest BCUT2D eigenvalue weighted by Crippen LogP contribution is -2.48. The third-order valence-corrected chi connectivity index (χ3v) is 6.02. The number of ketones is 1. The molecule has 0 amide bonds. The number of carbonyl (C=O) groups excluding carboxylic acids is 1. The summed E-state index contributed by atoms with van der Waals surface area (Å²) >= 11 is 0. The summed E-state index contributed by atoms with van der Waals surface area (Å²) in [6.07, 6.45) is 7.53. The van der Waals surface area contributed by atoms with Gasteiger partial charge in [-0.3, -0.25) is 4.79 Å². The smallest absolute Gasteiger partial charge is 0.158 e. The molecule has 0 spiro atoms. The maximum atomic E-state index is 12.0. The number of aliphatic hydroxyl groups is 1. The van der Waals surface area contributed by atoms with Crippen LogP contribution in [0.2, 0.25) is 0 Å². The first-order valence-corrected chi connectivity index (χ1v) is 7.52. The average Bonchev–Trinajstić information content (AvgIpc) is 2.37. The van der Waals surface area contributed by atoms with Gasteiger partial charge in [-0.2, -0.15) is 0 Å². The molecule has 0 bridgehead atoms. The zero-order valence-electron chi connectivity index (χ0n) is 12.3. The molecule has 1 saturated carbocycles. The van der Waals surface area contributed by atoms with E-state index in [1.54, 1.807) is 0 Å². The van der Waals surface area contributed by atoms with E-state index in [1.165, 1.54) is 11.1 Å². The SMILES string of the molecule is CC1=C2CC[C@@]3(C)C(=CCC[C@@H]3O)[C@]2(C)CCC1=O. The fraction of sp³-hybridized carbons (Fsp3) is 0.706. The highest BCUT2D eigenvalue weighted by Gasteiger charge is 2.52. The van der Waals surface area contributed by atoms with Gasteiger partial charge in [-0.05, 0) is 44.6 Å². The van der Waals surface area contributed by atoms with Gasteiger partial charge in [-0.25, -0.2) is 0 Å². The topological polar surface area (TPSA) is 37.3 Å². The number of Topliss-reactive ketones (excluding diaryl/α,β-unsaturated/α-hetero) is 1. The fourth-order valence-electron chi connectivity index (χ4n) is 4.70. The van der Waals surface area contributed by atoms with Crippen LogP contribution in [0.3, 0.4) is 0 Å². The predicted octanol–water partition coefficient (Wildman–Crippen LogP) is 3.55. The summed E-state index contributed by atoms with van der Waals surface area (Å²) in [6.45, 7) is 6.51. The highest BCUT2D eigenvalue weighted by molar-refractivity contribution is 5.97. The molecule has 2 nitrogen and oxygen atoms in total. The number of allylic oxidation sites excluding steroid dienone is 3. The first-order valence-electron chi connectivity index (χ1n) is 7.52. The quantitative estimate of drug-likeness (QED) is 0.676. The van der Waals surface area contributed by atoms with E-state index in [-0.39, 0.29) is 16.9 Å². The van der Waals surface area contributed by atoms with Crippen LogP contribution in [0, 0.1) is 10.8 Å². The number of fused-ring (bicyclic) bond motifs is 3. The van der Waals surface area contributed by atoms with Crippen molar-refractivity contribution < 1.29 is 9.90 Å². The van der Waals surface area contributed by atoms with E-state index < -0.39 is 0 Å². The van der Waals surface area contributed by atoms with Crippen LogP contribution in [0.5, 0.6) is 0 Å². The molecular weight excluding hydrogens is 236 g/mol. The summed E-state index contributed by atoms with van der Waals surface area (Å²) in [6, 6.07) is 0. The highest BCUT2D eigenvalue weighted by atomic mass is 16.3. The van der Waals surface area contributed by atoms with Crippen LogP contribution in [0.4, 0.5) is 0 Å². The zero-order valence-corrected chi connectivity index (χ0v) is 12.3. The Labute approximate surface area is 115 Å². The van der Waals surface area contributed by atoms with Crippen molar-refractivity contribution in [2.45, 2.75) is 65.4 Å². The van der Waals surface area contributed by atoms with Gasteiger partial charge in [0.1, 0.15) is 0 Å². The molecule has 104 valence electrons. The number of rotatable bonds is 0. The molecule has 3 aliphatic rings. The Hall–Kier alpha value is -0.890. The van der Waals surface area contributed by atoms with Gasteiger partial charge in [0.05, 0.1) is 6.10 Å². The van der Waals surface area contributed by atoms with E-state index in [0.717, 1.165) is 37.7 Å². The van der Waals surface area contributed by atoms with E-state index in [2.05, 4.69) is 19.9 Å². The summed E-state index contributed by atoms with van der Waals surface area (Å²) in [5.74, 6) is 0.327. The van der Waals surface area contributed by atoms with Gasteiger partial charge in [0.2, 0.25) is 0 Å². The van der Waals surface area contributed by atoms with Crippen LogP contribution in [0.1, 0.15) is 59.3 Å². The Balaban J connectivity index is 2.15. The second-order valence-corrected chi connectivity index (χ2v) is 6.99. The minimum Gasteiger partial charge on any atom is -0.392 e. The maximum Gasteiger partial charge on any atom is 0.158 e. The molecule has 1 N–H and O–H groups in total. The van der Waals surface area contributed by atoms with Gasteiger partial charge in [-0.1, -0.05) is 31.1 Å². The number of hydrogen-bond acceptors (Lipinski definition) is 2. The predicted molar refractivity (Wildman–Crippen MR) is 75.7 cm³/mol. The summed E-state index contributed by atoms with van der Waals surface area (Å²) in [4.78, 5) is 12.0. The minimum absolute atomic E-state index is 0.0202. The van der Waals surface area contributed by atoms with Gasteiger partial charge in [0, 0.05) is 17.3 Å². The molecule has 0 aromatic carbocycles. The molecule has 3 aliphatic carbocycles. The molecule has 2 heteroatoms. The number of carbonyl (C=O) groups is 1. The van der Waals surface area contributed by atoms with E-state index in [4.69, 9.17) is 0 Å². The van der Waals surface area contributed by atoms with Crippen molar-refractivity contribution in [1.29, 1.82) is 0 Å². The van der Waals surface area contributed by atoms with Crippen LogP contribution in [0.25, 0.3) is 0 Å². The van der Waals surface area contributed by atoms with Crippen LogP contribution >= 0.6 is 0 Å². The van der Waals surface area contributed by atoms with Crippen molar-refractivity contribution in [3.63, 3.8) is 0 Å². The normalized spacial score (nSPS) is 42.6. The Kier molecular flexibility index (Phi) is 2.79. The third-order valence-electron chi connectivity index (χ3n) is 6.02. The van der Waals surface area contributed by atoms with Crippen molar-refractivity contribution >= 4 is 5.78 Å². The van der Waals surface area contributed by atoms with Gasteiger partial charge < -0.3 is 5.11 Å². The highest BCUT2D eigenvalue weighted by Crippen LogP contribution is 2.60. The molecule has 0 saturated heterocycles. The van der Waals surface area contributed by atoms with Crippen molar-refractivity contribution in [1.82, 2.24) is 0 Å². The van der Waals surface area contributed by atoms with Crippen molar-refractivity contribution in [2.75, 3.05) is 0 Å². The first-order chi connectivity index (χ1) is 8.89. The first kappa shape index (κ1) is 13.1. The van der Waals surface area contributed by atoms with E-state index in [1.807, 2.05) is 6.92 Å². The second kappa shape index (κ2) is 4.05. The Bertz CT molecular complexity index is 499. The molecule has 1 fully saturated rings. The molecule has 3 atom stereocenters. The second-order valence-electron chi connectivity index (χ2n) is 6.99. The maximum absolute atomic E-state index is 12.0. The molecule has 0 heterocycles. The van der Waals surface area contributed by atoms with Crippen molar-refractivity contribution in [3.8, 4) is 0 Å². The van der Waals surface area contributed by atoms with Crippen molar-refractivity contribution in [3.05, 3.63) is 22.8 Å². The molecule has 0 aliphatic heterocycles. The molecule has 0 unspecified atom stereocenters. The standard InChI is InChI=1S/C17H24O2/c1-11-12-7-9-17(3)14(5-4-6-15(17)19)16(12,2)10-8-13(11)18/h5,15,19H,4,6-10H2,1-3H3/t15-,16+,17-/m0/s1. The van der Waals surface area contributed by atoms with Crippen LogP contribution < -0.4 is 0 Å². The third kappa shape index (κ3) is 1.62. The number of hydrogen-bond donors (Lipinski definition) is 1. The average molecular weight is 260 g/mol. The number of aliphatic hydroxyl groups excluding tert-OH is 1. The van der Waals surface area contributed by atoms with E-state index in [9.17, 15) is 9.90 Å².